The summed E-state index contributed by atoms with van der Waals surface area (Å²) < 4.78 is 23.2. The molecule has 2 aromatic rings. The molecule has 1 aliphatic carbocycles. The number of ether oxygens (including phenoxy) is 4. The highest BCUT2D eigenvalue weighted by Crippen LogP contribution is 2.48. The van der Waals surface area contributed by atoms with Crippen LogP contribution in [0.5, 0.6) is 11.5 Å². The van der Waals surface area contributed by atoms with Gasteiger partial charge in [0.15, 0.2) is 5.78 Å². The SMILES string of the molecule is COC(=O)C1=C(N)OC2=C(C(=O)CC(C)(C)C2)[C@@H]1c1ccc(OC)c(COc2ccc(Br)cc2Cl)c1. The molecular formula is C27H27BrClNO6. The summed E-state index contributed by atoms with van der Waals surface area (Å²) in [6.07, 6.45) is 0.849. The molecule has 9 heteroatoms. The van der Waals surface area contributed by atoms with E-state index in [1.54, 1.807) is 31.4 Å². The van der Waals surface area contributed by atoms with E-state index in [0.717, 1.165) is 4.47 Å². The molecule has 2 aromatic carbocycles. The van der Waals surface area contributed by atoms with Crippen LogP contribution < -0.4 is 15.2 Å². The number of halogens is 2. The summed E-state index contributed by atoms with van der Waals surface area (Å²) in [6.45, 7) is 4.14. The Kier molecular flexibility index (Phi) is 7.38. The topological polar surface area (TPSA) is 97.1 Å². The first kappa shape index (κ1) is 26.1. The Morgan fingerprint density at radius 3 is 2.56 bits per heavy atom. The van der Waals surface area contributed by atoms with E-state index < -0.39 is 11.9 Å². The van der Waals surface area contributed by atoms with E-state index in [2.05, 4.69) is 15.9 Å². The molecule has 0 fully saturated rings. The largest absolute Gasteiger partial charge is 0.496 e. The van der Waals surface area contributed by atoms with Gasteiger partial charge in [0.1, 0.15) is 29.4 Å². The third-order valence-corrected chi connectivity index (χ3v) is 7.06. The molecule has 1 atom stereocenters. The first-order valence-corrected chi connectivity index (χ1v) is 12.5. The molecule has 1 aliphatic heterocycles. The molecule has 4 rings (SSSR count). The molecule has 2 aliphatic rings. The average Bonchev–Trinajstić information content (AvgIpc) is 2.81. The standard InChI is InChI=1S/C27H27BrClNO6/c1-27(2)11-18(31)23-21(12-27)36-25(30)24(26(32)34-4)22(23)14-5-7-19(33-3)15(9-14)13-35-20-8-6-16(28)10-17(20)29/h5-10,22H,11-13,30H2,1-4H3/t22-/m0/s1. The number of nitrogens with two attached hydrogens (primary N) is 1. The number of hydrogen-bond acceptors (Lipinski definition) is 7. The Labute approximate surface area is 223 Å². The van der Waals surface area contributed by atoms with Gasteiger partial charge in [0.2, 0.25) is 5.88 Å². The van der Waals surface area contributed by atoms with Crippen molar-refractivity contribution < 1.29 is 28.5 Å². The number of Topliss-reactive ketones (excluding diaryl/α,β-unsaturated/α-hetero) is 1. The number of allylic oxidation sites excluding steroid dienone is 2. The molecule has 2 N–H and O–H groups in total. The van der Waals surface area contributed by atoms with Gasteiger partial charge >= 0.3 is 5.97 Å². The molecule has 0 amide bonds. The number of benzene rings is 2. The van der Waals surface area contributed by atoms with Crippen LogP contribution >= 0.6 is 27.5 Å². The molecular weight excluding hydrogens is 550 g/mol. The predicted molar refractivity (Wildman–Crippen MR) is 139 cm³/mol. The maximum atomic E-state index is 13.4. The first-order valence-electron chi connectivity index (χ1n) is 11.3. The lowest BCUT2D eigenvalue weighted by Gasteiger charge is -2.38. The maximum absolute atomic E-state index is 13.4. The Hall–Kier alpha value is -2.97. The Morgan fingerprint density at radius 2 is 1.89 bits per heavy atom. The van der Waals surface area contributed by atoms with Crippen LogP contribution in [0, 0.1) is 5.41 Å². The van der Waals surface area contributed by atoms with Crippen molar-refractivity contribution >= 4 is 39.3 Å². The van der Waals surface area contributed by atoms with Gasteiger partial charge in [0.25, 0.3) is 0 Å². The van der Waals surface area contributed by atoms with Gasteiger partial charge < -0.3 is 24.7 Å². The summed E-state index contributed by atoms with van der Waals surface area (Å²) in [5.41, 5.74) is 7.83. The number of methoxy groups -OCH3 is 2. The van der Waals surface area contributed by atoms with E-state index in [4.69, 9.17) is 36.3 Å². The maximum Gasteiger partial charge on any atom is 0.340 e. The van der Waals surface area contributed by atoms with Gasteiger partial charge in [0.05, 0.1) is 25.2 Å². The smallest absolute Gasteiger partial charge is 0.340 e. The summed E-state index contributed by atoms with van der Waals surface area (Å²) in [7, 11) is 2.83. The Balaban J connectivity index is 1.78. The zero-order chi connectivity index (χ0) is 26.2. The Morgan fingerprint density at radius 1 is 1.17 bits per heavy atom. The second-order valence-corrected chi connectivity index (χ2v) is 10.8. The van der Waals surface area contributed by atoms with Crippen molar-refractivity contribution in [1.29, 1.82) is 0 Å². The van der Waals surface area contributed by atoms with Gasteiger partial charge in [0, 0.05) is 28.5 Å². The molecule has 36 heavy (non-hydrogen) atoms. The van der Waals surface area contributed by atoms with Crippen molar-refractivity contribution in [1.82, 2.24) is 0 Å². The van der Waals surface area contributed by atoms with Gasteiger partial charge in [-0.2, -0.15) is 0 Å². The monoisotopic (exact) mass is 575 g/mol. The van der Waals surface area contributed by atoms with E-state index in [0.29, 0.717) is 51.8 Å². The normalized spacial score (nSPS) is 18.9. The molecule has 0 radical (unpaired) electrons. The lowest BCUT2D eigenvalue weighted by molar-refractivity contribution is -0.136. The van der Waals surface area contributed by atoms with Crippen LogP contribution in [0.3, 0.4) is 0 Å². The zero-order valence-corrected chi connectivity index (χ0v) is 22.8. The second-order valence-electron chi connectivity index (χ2n) is 9.52. The molecule has 0 saturated heterocycles. The van der Waals surface area contributed by atoms with Crippen LogP contribution in [-0.4, -0.2) is 26.0 Å². The fourth-order valence-corrected chi connectivity index (χ4v) is 5.39. The minimum atomic E-state index is -0.745. The molecule has 190 valence electrons. The Bertz CT molecular complexity index is 1300. The van der Waals surface area contributed by atoms with Gasteiger partial charge in [-0.3, -0.25) is 4.79 Å². The third-order valence-electron chi connectivity index (χ3n) is 6.28. The highest BCUT2D eigenvalue weighted by molar-refractivity contribution is 9.10. The van der Waals surface area contributed by atoms with Gasteiger partial charge in [-0.15, -0.1) is 0 Å². The second kappa shape index (κ2) is 10.2. The van der Waals surface area contributed by atoms with Crippen LogP contribution in [0.2, 0.25) is 5.02 Å². The van der Waals surface area contributed by atoms with E-state index in [9.17, 15) is 9.59 Å². The highest BCUT2D eigenvalue weighted by Gasteiger charge is 2.45. The minimum absolute atomic E-state index is 0.0636. The van der Waals surface area contributed by atoms with E-state index >= 15 is 0 Å². The van der Waals surface area contributed by atoms with Crippen molar-refractivity contribution in [3.05, 3.63) is 79.8 Å². The molecule has 1 heterocycles. The molecule has 0 saturated carbocycles. The zero-order valence-electron chi connectivity index (χ0n) is 20.4. The molecule has 0 bridgehead atoms. The first-order chi connectivity index (χ1) is 17.0. The number of hydrogen-bond donors (Lipinski definition) is 1. The number of carbonyl (C=O) groups is 2. The molecule has 7 nitrogen and oxygen atoms in total. The summed E-state index contributed by atoms with van der Waals surface area (Å²) in [6, 6.07) is 10.8. The average molecular weight is 577 g/mol. The third kappa shape index (κ3) is 5.11. The van der Waals surface area contributed by atoms with Crippen molar-refractivity contribution in [2.24, 2.45) is 11.1 Å². The fourth-order valence-electron chi connectivity index (χ4n) is 4.67. The van der Waals surface area contributed by atoms with Crippen molar-refractivity contribution in [2.45, 2.75) is 39.2 Å². The van der Waals surface area contributed by atoms with Crippen molar-refractivity contribution in [2.75, 3.05) is 14.2 Å². The van der Waals surface area contributed by atoms with Crippen LogP contribution in [0.4, 0.5) is 0 Å². The number of carbonyl (C=O) groups excluding carboxylic acids is 2. The summed E-state index contributed by atoms with van der Waals surface area (Å²) >= 11 is 9.69. The van der Waals surface area contributed by atoms with Crippen LogP contribution in [0.15, 0.2) is 63.7 Å². The van der Waals surface area contributed by atoms with Gasteiger partial charge in [-0.25, -0.2) is 4.79 Å². The van der Waals surface area contributed by atoms with Crippen LogP contribution in [0.1, 0.15) is 43.7 Å². The predicted octanol–water partition coefficient (Wildman–Crippen LogP) is 5.79. The molecule has 0 aromatic heterocycles. The highest BCUT2D eigenvalue weighted by atomic mass is 79.9. The lowest BCUT2D eigenvalue weighted by Crippen LogP contribution is -2.35. The summed E-state index contributed by atoms with van der Waals surface area (Å²) in [5.74, 6) is 0.0273. The quantitative estimate of drug-likeness (QED) is 0.435. The van der Waals surface area contributed by atoms with Crippen molar-refractivity contribution in [3.63, 3.8) is 0 Å². The van der Waals surface area contributed by atoms with Crippen LogP contribution in [-0.2, 0) is 25.7 Å². The van der Waals surface area contributed by atoms with E-state index in [1.165, 1.54) is 7.11 Å². The molecule has 0 spiro atoms. The number of ketones is 1. The van der Waals surface area contributed by atoms with Crippen molar-refractivity contribution in [3.8, 4) is 11.5 Å². The van der Waals surface area contributed by atoms with Gasteiger partial charge in [-0.1, -0.05) is 47.4 Å². The summed E-state index contributed by atoms with van der Waals surface area (Å²) in [5, 5.41) is 0.456. The number of esters is 1. The minimum Gasteiger partial charge on any atom is -0.496 e. The summed E-state index contributed by atoms with van der Waals surface area (Å²) in [4.78, 5) is 26.2. The molecule has 0 unspecified atom stereocenters. The number of rotatable bonds is 6. The van der Waals surface area contributed by atoms with Crippen LogP contribution in [0.25, 0.3) is 0 Å². The fraction of sp³-hybridized carbons (Fsp3) is 0.333. The van der Waals surface area contributed by atoms with Gasteiger partial charge in [-0.05, 0) is 41.3 Å². The van der Waals surface area contributed by atoms with E-state index in [1.807, 2.05) is 26.0 Å². The van der Waals surface area contributed by atoms with E-state index in [-0.39, 0.29) is 29.3 Å². The lowest BCUT2D eigenvalue weighted by atomic mass is 9.70.